The summed E-state index contributed by atoms with van der Waals surface area (Å²) in [4.78, 5) is 33.1. The minimum absolute atomic E-state index is 0.0230. The minimum Gasteiger partial charge on any atom is -0.460 e. The molecule has 0 aliphatic rings. The lowest BCUT2D eigenvalue weighted by Gasteiger charge is -2.22. The highest BCUT2D eigenvalue weighted by molar-refractivity contribution is 5.81. The Morgan fingerprint density at radius 1 is 0.625 bits per heavy atom. The fourth-order valence-corrected chi connectivity index (χ4v) is 2.07. The van der Waals surface area contributed by atoms with Gasteiger partial charge in [0.05, 0.1) is 32.0 Å². The molecule has 0 spiro atoms. The van der Waals surface area contributed by atoms with Gasteiger partial charge in [-0.05, 0) is 12.8 Å². The SMILES string of the molecule is C=CC(=O)OCC(O)CCC(COCC(O)COC(=O)C=C)OCC(O)COC(=O)C=C. The van der Waals surface area contributed by atoms with Crippen molar-refractivity contribution in [1.82, 2.24) is 0 Å². The normalized spacial score (nSPS) is 14.3. The zero-order valence-electron chi connectivity index (χ0n) is 17.9. The number of hydrogen-bond donors (Lipinski definition) is 3. The van der Waals surface area contributed by atoms with Gasteiger partial charge in [0.2, 0.25) is 0 Å². The third kappa shape index (κ3) is 16.2. The molecule has 0 saturated heterocycles. The Labute approximate surface area is 186 Å². The van der Waals surface area contributed by atoms with Gasteiger partial charge in [0.25, 0.3) is 0 Å². The highest BCUT2D eigenvalue weighted by Gasteiger charge is 2.18. The molecule has 182 valence electrons. The Kier molecular flexibility index (Phi) is 16.6. The summed E-state index contributed by atoms with van der Waals surface area (Å²) < 4.78 is 25.1. The van der Waals surface area contributed by atoms with Crippen molar-refractivity contribution in [3.05, 3.63) is 38.0 Å². The molecule has 0 rings (SSSR count). The molecule has 11 heteroatoms. The van der Waals surface area contributed by atoms with Crippen LogP contribution < -0.4 is 0 Å². The largest absolute Gasteiger partial charge is 0.460 e. The highest BCUT2D eigenvalue weighted by atomic mass is 16.6. The van der Waals surface area contributed by atoms with Crippen molar-refractivity contribution in [1.29, 1.82) is 0 Å². The maximum atomic E-state index is 11.1. The number of carbonyl (C=O) groups is 3. The molecular weight excluding hydrogens is 428 g/mol. The van der Waals surface area contributed by atoms with Gasteiger partial charge in [-0.1, -0.05) is 19.7 Å². The number of carbonyl (C=O) groups excluding carboxylic acids is 3. The molecule has 3 N–H and O–H groups in total. The average Bonchev–Trinajstić information content (AvgIpc) is 2.80. The molecule has 0 aliphatic carbocycles. The van der Waals surface area contributed by atoms with E-state index in [4.69, 9.17) is 23.7 Å². The van der Waals surface area contributed by atoms with E-state index in [0.717, 1.165) is 18.2 Å². The van der Waals surface area contributed by atoms with Crippen LogP contribution in [0.25, 0.3) is 0 Å². The predicted octanol–water partition coefficient (Wildman–Crippen LogP) is -0.561. The number of rotatable bonds is 19. The molecular formula is C21H32O11. The summed E-state index contributed by atoms with van der Waals surface area (Å²) in [6, 6.07) is 0. The van der Waals surface area contributed by atoms with Crippen LogP contribution in [-0.4, -0.2) is 97.3 Å². The molecule has 0 fully saturated rings. The van der Waals surface area contributed by atoms with Gasteiger partial charge in [0.15, 0.2) is 0 Å². The van der Waals surface area contributed by atoms with Crippen molar-refractivity contribution >= 4 is 17.9 Å². The van der Waals surface area contributed by atoms with Crippen molar-refractivity contribution in [2.75, 3.05) is 39.6 Å². The smallest absolute Gasteiger partial charge is 0.330 e. The molecule has 4 atom stereocenters. The molecule has 0 amide bonds. The van der Waals surface area contributed by atoms with Crippen molar-refractivity contribution < 1.29 is 53.4 Å². The fraction of sp³-hybridized carbons (Fsp3) is 0.571. The van der Waals surface area contributed by atoms with E-state index in [9.17, 15) is 29.7 Å². The zero-order valence-corrected chi connectivity index (χ0v) is 17.9. The van der Waals surface area contributed by atoms with Crippen LogP contribution in [0.3, 0.4) is 0 Å². The van der Waals surface area contributed by atoms with Gasteiger partial charge in [-0.25, -0.2) is 14.4 Å². The van der Waals surface area contributed by atoms with Crippen LogP contribution in [0.5, 0.6) is 0 Å². The van der Waals surface area contributed by atoms with Crippen LogP contribution in [0.2, 0.25) is 0 Å². The summed E-state index contributed by atoms with van der Waals surface area (Å²) >= 11 is 0. The quantitative estimate of drug-likeness (QED) is 0.129. The number of hydrogen-bond acceptors (Lipinski definition) is 11. The third-order valence-electron chi connectivity index (χ3n) is 3.71. The molecule has 0 heterocycles. The van der Waals surface area contributed by atoms with Crippen LogP contribution in [0, 0.1) is 0 Å². The van der Waals surface area contributed by atoms with Crippen LogP contribution in [0.15, 0.2) is 38.0 Å². The predicted molar refractivity (Wildman–Crippen MR) is 111 cm³/mol. The van der Waals surface area contributed by atoms with E-state index in [1.807, 2.05) is 0 Å². The van der Waals surface area contributed by atoms with E-state index in [2.05, 4.69) is 19.7 Å². The van der Waals surface area contributed by atoms with Crippen molar-refractivity contribution in [3.63, 3.8) is 0 Å². The van der Waals surface area contributed by atoms with Crippen molar-refractivity contribution in [3.8, 4) is 0 Å². The molecule has 4 unspecified atom stereocenters. The fourth-order valence-electron chi connectivity index (χ4n) is 2.07. The van der Waals surface area contributed by atoms with E-state index >= 15 is 0 Å². The van der Waals surface area contributed by atoms with Crippen LogP contribution >= 0.6 is 0 Å². The van der Waals surface area contributed by atoms with E-state index in [1.165, 1.54) is 0 Å². The van der Waals surface area contributed by atoms with E-state index < -0.39 is 42.3 Å². The van der Waals surface area contributed by atoms with Gasteiger partial charge < -0.3 is 39.0 Å². The first-order valence-corrected chi connectivity index (χ1v) is 9.82. The van der Waals surface area contributed by atoms with Gasteiger partial charge in [-0.15, -0.1) is 0 Å². The second-order valence-electron chi connectivity index (χ2n) is 6.53. The van der Waals surface area contributed by atoms with Crippen molar-refractivity contribution in [2.45, 2.75) is 37.3 Å². The minimum atomic E-state index is -1.11. The Morgan fingerprint density at radius 2 is 1.06 bits per heavy atom. The summed E-state index contributed by atoms with van der Waals surface area (Å²) in [5, 5.41) is 29.6. The lowest BCUT2D eigenvalue weighted by atomic mass is 10.1. The average molecular weight is 460 g/mol. The maximum Gasteiger partial charge on any atom is 0.330 e. The summed E-state index contributed by atoms with van der Waals surface area (Å²) in [6.07, 6.45) is -0.427. The van der Waals surface area contributed by atoms with Gasteiger partial charge in [-0.3, -0.25) is 0 Å². The first-order chi connectivity index (χ1) is 15.2. The molecule has 11 nitrogen and oxygen atoms in total. The third-order valence-corrected chi connectivity index (χ3v) is 3.71. The number of esters is 3. The molecule has 32 heavy (non-hydrogen) atoms. The Hall–Kier alpha value is -2.57. The number of aliphatic hydroxyl groups excluding tert-OH is 3. The molecule has 0 saturated carbocycles. The summed E-state index contributed by atoms with van der Waals surface area (Å²) in [6.45, 7) is 8.54. The van der Waals surface area contributed by atoms with E-state index in [0.29, 0.717) is 0 Å². The van der Waals surface area contributed by atoms with Gasteiger partial charge in [0, 0.05) is 18.2 Å². The first-order valence-electron chi connectivity index (χ1n) is 9.82. The highest BCUT2D eigenvalue weighted by Crippen LogP contribution is 2.09. The van der Waals surface area contributed by atoms with E-state index in [-0.39, 0.29) is 52.5 Å². The number of aliphatic hydroxyl groups is 3. The Morgan fingerprint density at radius 3 is 1.53 bits per heavy atom. The Bertz CT molecular complexity index is 571. The first kappa shape index (κ1) is 29.4. The monoisotopic (exact) mass is 460 g/mol. The topological polar surface area (TPSA) is 158 Å². The second-order valence-corrected chi connectivity index (χ2v) is 6.53. The summed E-state index contributed by atoms with van der Waals surface area (Å²) in [5.41, 5.74) is 0. The van der Waals surface area contributed by atoms with Crippen LogP contribution in [-0.2, 0) is 38.1 Å². The van der Waals surface area contributed by atoms with Crippen LogP contribution in [0.1, 0.15) is 12.8 Å². The maximum absolute atomic E-state index is 11.1. The van der Waals surface area contributed by atoms with Crippen LogP contribution in [0.4, 0.5) is 0 Å². The molecule has 0 aromatic heterocycles. The number of ether oxygens (including phenoxy) is 5. The van der Waals surface area contributed by atoms with Gasteiger partial charge >= 0.3 is 17.9 Å². The zero-order chi connectivity index (χ0) is 24.4. The molecule has 0 aromatic rings. The second kappa shape index (κ2) is 18.0. The molecule has 0 aliphatic heterocycles. The lowest BCUT2D eigenvalue weighted by Crippen LogP contribution is -2.31. The van der Waals surface area contributed by atoms with Gasteiger partial charge in [0.1, 0.15) is 32.0 Å². The molecule has 0 bridgehead atoms. The molecule has 0 radical (unpaired) electrons. The standard InChI is InChI=1S/C21H32O11/c1-4-19(25)30-10-15(22)7-8-18(29-11-17(24)13-32-21(27)6-3)14-28-9-16(23)12-31-20(26)5-2/h4-6,15-18,22-24H,1-3,7-14H2. The van der Waals surface area contributed by atoms with Crippen molar-refractivity contribution in [2.24, 2.45) is 0 Å². The Balaban J connectivity index is 4.52. The summed E-state index contributed by atoms with van der Waals surface area (Å²) in [5.74, 6) is -2.03. The van der Waals surface area contributed by atoms with Gasteiger partial charge in [-0.2, -0.15) is 0 Å². The summed E-state index contributed by atoms with van der Waals surface area (Å²) in [7, 11) is 0. The molecule has 0 aromatic carbocycles. The lowest BCUT2D eigenvalue weighted by molar-refractivity contribution is -0.145. The van der Waals surface area contributed by atoms with E-state index in [1.54, 1.807) is 0 Å².